The van der Waals surface area contributed by atoms with Gasteiger partial charge in [-0.3, -0.25) is 0 Å². The second kappa shape index (κ2) is 6.94. The molecule has 0 heterocycles. The summed E-state index contributed by atoms with van der Waals surface area (Å²) >= 11 is 5.75. The van der Waals surface area contributed by atoms with Crippen molar-refractivity contribution in [2.24, 2.45) is 0 Å². The Morgan fingerprint density at radius 2 is 2.18 bits per heavy atom. The second-order valence-corrected chi connectivity index (χ2v) is 4.47. The summed E-state index contributed by atoms with van der Waals surface area (Å²) in [7, 11) is 1.62. The summed E-state index contributed by atoms with van der Waals surface area (Å²) in [6.45, 7) is 4.81. The molecular weight excluding hydrogens is 241 g/mol. The lowest BCUT2D eigenvalue weighted by Crippen LogP contribution is -2.32. The third-order valence-electron chi connectivity index (χ3n) is 2.75. The van der Waals surface area contributed by atoms with E-state index in [1.165, 1.54) is 6.07 Å². The lowest BCUT2D eigenvalue weighted by Gasteiger charge is -2.25. The number of nitrogens with one attached hydrogen (secondary N) is 1. The highest BCUT2D eigenvalue weighted by Gasteiger charge is 2.21. The van der Waals surface area contributed by atoms with Crippen LogP contribution in [0, 0.1) is 5.82 Å². The summed E-state index contributed by atoms with van der Waals surface area (Å²) in [4.78, 5) is 0. The van der Waals surface area contributed by atoms with Gasteiger partial charge in [-0.25, -0.2) is 4.39 Å². The van der Waals surface area contributed by atoms with Gasteiger partial charge in [0.15, 0.2) is 0 Å². The molecule has 1 N–H and O–H groups in total. The van der Waals surface area contributed by atoms with Gasteiger partial charge in [0.2, 0.25) is 0 Å². The van der Waals surface area contributed by atoms with Crippen molar-refractivity contribution in [1.82, 2.24) is 5.32 Å². The lowest BCUT2D eigenvalue weighted by molar-refractivity contribution is 0.0818. The van der Waals surface area contributed by atoms with Gasteiger partial charge in [-0.05, 0) is 32.0 Å². The first-order chi connectivity index (χ1) is 8.10. The van der Waals surface area contributed by atoms with Crippen molar-refractivity contribution < 1.29 is 9.13 Å². The Morgan fingerprint density at radius 1 is 1.47 bits per heavy atom. The van der Waals surface area contributed by atoms with E-state index in [4.69, 9.17) is 16.3 Å². The van der Waals surface area contributed by atoms with Gasteiger partial charge in [0.25, 0.3) is 0 Å². The SMILES string of the molecule is CCCNC(c1ccc(Cl)cc1F)C(C)OC. The molecule has 0 amide bonds. The molecule has 2 nitrogen and oxygen atoms in total. The van der Waals surface area contributed by atoms with Crippen molar-refractivity contribution in [2.45, 2.75) is 32.4 Å². The Bertz CT molecular complexity index is 359. The summed E-state index contributed by atoms with van der Waals surface area (Å²) in [6, 6.07) is 4.58. The number of hydrogen-bond donors (Lipinski definition) is 1. The molecule has 4 heteroatoms. The first-order valence-corrected chi connectivity index (χ1v) is 6.19. The normalized spacial score (nSPS) is 14.6. The fraction of sp³-hybridized carbons (Fsp3) is 0.538. The Hall–Kier alpha value is -0.640. The lowest BCUT2D eigenvalue weighted by atomic mass is 10.0. The number of halogens is 2. The first kappa shape index (κ1) is 14.4. The van der Waals surface area contributed by atoms with Crippen LogP contribution in [0.4, 0.5) is 4.39 Å². The van der Waals surface area contributed by atoms with Crippen LogP contribution in [0.25, 0.3) is 0 Å². The predicted molar refractivity (Wildman–Crippen MR) is 68.9 cm³/mol. The first-order valence-electron chi connectivity index (χ1n) is 5.81. The maximum absolute atomic E-state index is 13.8. The highest BCUT2D eigenvalue weighted by molar-refractivity contribution is 6.30. The van der Waals surface area contributed by atoms with Crippen molar-refractivity contribution in [2.75, 3.05) is 13.7 Å². The molecule has 0 aromatic heterocycles. The molecule has 0 fully saturated rings. The largest absolute Gasteiger partial charge is 0.380 e. The number of hydrogen-bond acceptors (Lipinski definition) is 2. The van der Waals surface area contributed by atoms with Crippen LogP contribution in [0.3, 0.4) is 0 Å². The van der Waals surface area contributed by atoms with Gasteiger partial charge in [-0.15, -0.1) is 0 Å². The molecule has 1 aromatic carbocycles. The molecule has 1 rings (SSSR count). The summed E-state index contributed by atoms with van der Waals surface area (Å²) < 4.78 is 19.1. The van der Waals surface area contributed by atoms with Crippen molar-refractivity contribution >= 4 is 11.6 Å². The van der Waals surface area contributed by atoms with E-state index in [0.29, 0.717) is 10.6 Å². The third-order valence-corrected chi connectivity index (χ3v) is 2.99. The molecule has 1 aromatic rings. The van der Waals surface area contributed by atoms with Crippen LogP contribution in [-0.2, 0) is 4.74 Å². The van der Waals surface area contributed by atoms with Gasteiger partial charge in [-0.1, -0.05) is 24.6 Å². The third kappa shape index (κ3) is 3.95. The van der Waals surface area contributed by atoms with Gasteiger partial charge in [0.1, 0.15) is 5.82 Å². The van der Waals surface area contributed by atoms with Crippen LogP contribution >= 0.6 is 11.6 Å². The monoisotopic (exact) mass is 259 g/mol. The van der Waals surface area contributed by atoms with Crippen LogP contribution in [0.15, 0.2) is 18.2 Å². The zero-order chi connectivity index (χ0) is 12.8. The smallest absolute Gasteiger partial charge is 0.129 e. The van der Waals surface area contributed by atoms with Crippen LogP contribution < -0.4 is 5.32 Å². The standard InChI is InChI=1S/C13H19ClFNO/c1-4-7-16-13(9(2)17-3)11-6-5-10(14)8-12(11)15/h5-6,8-9,13,16H,4,7H2,1-3H3. The molecular formula is C13H19ClFNO. The summed E-state index contributed by atoms with van der Waals surface area (Å²) in [5.74, 6) is -0.296. The van der Waals surface area contributed by atoms with Gasteiger partial charge in [-0.2, -0.15) is 0 Å². The quantitative estimate of drug-likeness (QED) is 0.844. The molecule has 0 spiro atoms. The topological polar surface area (TPSA) is 21.3 Å². The average Bonchev–Trinajstić information content (AvgIpc) is 2.31. The molecule has 0 aliphatic rings. The van der Waals surface area contributed by atoms with E-state index in [1.807, 2.05) is 6.92 Å². The molecule has 2 atom stereocenters. The number of ether oxygens (including phenoxy) is 1. The molecule has 0 aliphatic heterocycles. The predicted octanol–water partition coefficient (Wildman–Crippen LogP) is 3.55. The molecule has 0 saturated heterocycles. The Morgan fingerprint density at radius 3 is 2.71 bits per heavy atom. The molecule has 0 saturated carbocycles. The number of rotatable bonds is 6. The minimum Gasteiger partial charge on any atom is -0.380 e. The Kier molecular flexibility index (Phi) is 5.89. The summed E-state index contributed by atoms with van der Waals surface area (Å²) in [5.41, 5.74) is 0.595. The van der Waals surface area contributed by atoms with E-state index in [2.05, 4.69) is 12.2 Å². The van der Waals surface area contributed by atoms with Gasteiger partial charge in [0.05, 0.1) is 12.1 Å². The van der Waals surface area contributed by atoms with Gasteiger partial charge < -0.3 is 10.1 Å². The van der Waals surface area contributed by atoms with Gasteiger partial charge >= 0.3 is 0 Å². The van der Waals surface area contributed by atoms with Crippen molar-refractivity contribution in [3.63, 3.8) is 0 Å². The zero-order valence-electron chi connectivity index (χ0n) is 10.5. The van der Waals surface area contributed by atoms with E-state index in [9.17, 15) is 4.39 Å². The summed E-state index contributed by atoms with van der Waals surface area (Å²) in [6.07, 6.45) is 0.888. The van der Waals surface area contributed by atoms with Crippen molar-refractivity contribution in [1.29, 1.82) is 0 Å². The maximum Gasteiger partial charge on any atom is 0.129 e. The minimum absolute atomic E-state index is 0.0998. The highest BCUT2D eigenvalue weighted by atomic mass is 35.5. The van der Waals surface area contributed by atoms with Crippen molar-refractivity contribution in [3.8, 4) is 0 Å². The highest BCUT2D eigenvalue weighted by Crippen LogP contribution is 2.24. The number of benzene rings is 1. The minimum atomic E-state index is -0.296. The van der Waals surface area contributed by atoms with E-state index in [0.717, 1.165) is 13.0 Å². The molecule has 0 aliphatic carbocycles. The van der Waals surface area contributed by atoms with Crippen LogP contribution in [0.1, 0.15) is 31.9 Å². The fourth-order valence-corrected chi connectivity index (χ4v) is 1.88. The van der Waals surface area contributed by atoms with Crippen LogP contribution in [-0.4, -0.2) is 19.8 Å². The average molecular weight is 260 g/mol. The Balaban J connectivity index is 2.95. The van der Waals surface area contributed by atoms with Crippen LogP contribution in [0.2, 0.25) is 5.02 Å². The number of methoxy groups -OCH3 is 1. The molecule has 0 radical (unpaired) electrons. The Labute approximate surface area is 107 Å². The molecule has 96 valence electrons. The van der Waals surface area contributed by atoms with E-state index in [-0.39, 0.29) is 18.0 Å². The van der Waals surface area contributed by atoms with Gasteiger partial charge in [0, 0.05) is 17.7 Å². The van der Waals surface area contributed by atoms with Crippen molar-refractivity contribution in [3.05, 3.63) is 34.6 Å². The van der Waals surface area contributed by atoms with E-state index in [1.54, 1.807) is 19.2 Å². The second-order valence-electron chi connectivity index (χ2n) is 4.04. The molecule has 0 bridgehead atoms. The molecule has 17 heavy (non-hydrogen) atoms. The molecule has 2 unspecified atom stereocenters. The maximum atomic E-state index is 13.8. The van der Waals surface area contributed by atoms with E-state index >= 15 is 0 Å². The fourth-order valence-electron chi connectivity index (χ4n) is 1.72. The zero-order valence-corrected chi connectivity index (χ0v) is 11.2. The van der Waals surface area contributed by atoms with Crippen LogP contribution in [0.5, 0.6) is 0 Å². The van der Waals surface area contributed by atoms with E-state index < -0.39 is 0 Å². The summed E-state index contributed by atoms with van der Waals surface area (Å²) in [5, 5.41) is 3.70.